The van der Waals surface area contributed by atoms with Crippen molar-refractivity contribution < 1.29 is 22.2 Å². The summed E-state index contributed by atoms with van der Waals surface area (Å²) in [5, 5.41) is 3.08. The van der Waals surface area contributed by atoms with Crippen molar-refractivity contribution in [1.29, 1.82) is 0 Å². The highest BCUT2D eigenvalue weighted by molar-refractivity contribution is 7.86. The maximum absolute atomic E-state index is 14.8. The molecule has 170 valence electrons. The largest absolute Gasteiger partial charge is 0.339 e. The van der Waals surface area contributed by atoms with E-state index in [1.54, 1.807) is 24.3 Å². The van der Waals surface area contributed by atoms with Crippen molar-refractivity contribution in [1.82, 2.24) is 9.97 Å². The number of hydrogen-bond acceptors (Lipinski definition) is 3. The van der Waals surface area contributed by atoms with Gasteiger partial charge in [0.25, 0.3) is 5.91 Å². The molecule has 0 aliphatic rings. The van der Waals surface area contributed by atoms with E-state index in [-0.39, 0.29) is 22.9 Å². The van der Waals surface area contributed by atoms with E-state index in [1.807, 2.05) is 6.92 Å². The van der Waals surface area contributed by atoms with E-state index in [1.165, 1.54) is 18.3 Å². The molecule has 3 N–H and O–H groups in total. The van der Waals surface area contributed by atoms with Gasteiger partial charge < -0.3 is 15.0 Å². The highest BCUT2D eigenvalue weighted by Gasteiger charge is 2.22. The average molecular weight is 472 g/mol. The maximum atomic E-state index is 14.8. The van der Waals surface area contributed by atoms with Gasteiger partial charge in [-0.1, -0.05) is 6.92 Å². The van der Waals surface area contributed by atoms with Crippen molar-refractivity contribution in [2.75, 3.05) is 15.8 Å². The molecule has 0 radical (unpaired) electrons. The smallest absolute Gasteiger partial charge is 0.261 e. The van der Waals surface area contributed by atoms with Gasteiger partial charge in [0.1, 0.15) is 33.8 Å². The number of carbonyl (C=O) groups excluding carboxylic acids is 1. The molecule has 2 heterocycles. The summed E-state index contributed by atoms with van der Waals surface area (Å²) >= 11 is 0. The molecule has 0 aliphatic heterocycles. The molecule has 2 aromatic carbocycles. The van der Waals surface area contributed by atoms with E-state index in [2.05, 4.69) is 20.0 Å². The molecular weight excluding hydrogens is 453 g/mol. The number of fused-ring (bicyclic) bond motifs is 1. The normalized spacial score (nSPS) is 12.0. The fourth-order valence-corrected chi connectivity index (χ4v) is 4.14. The fraction of sp³-hybridized carbons (Fsp3) is 0.130. The van der Waals surface area contributed by atoms with E-state index in [0.29, 0.717) is 23.1 Å². The maximum Gasteiger partial charge on any atom is 0.261 e. The third kappa shape index (κ3) is 4.90. The quantitative estimate of drug-likeness (QED) is 0.337. The second-order valence-corrected chi connectivity index (χ2v) is 8.54. The van der Waals surface area contributed by atoms with Crippen molar-refractivity contribution in [2.45, 2.75) is 13.3 Å². The Balaban J connectivity index is 1.58. The molecule has 4 aromatic rings. The van der Waals surface area contributed by atoms with Gasteiger partial charge in [-0.05, 0) is 60.5 Å². The zero-order chi connectivity index (χ0) is 23.5. The molecular formula is C23H19F3N4O2S. The lowest BCUT2D eigenvalue weighted by molar-refractivity contribution is 0.101. The molecule has 1 amide bonds. The predicted molar refractivity (Wildman–Crippen MR) is 123 cm³/mol. The topological polar surface area (TPSA) is 86.9 Å². The number of aromatic nitrogens is 2. The number of pyridine rings is 1. The standard InChI is InChI=1S/C23H19F3N4O2S/c1-2-9-33(32)30-18-8-7-17(25)20(21(18)26)23(31)28-16-10-14-11-19(29-22(14)27-12-16)13-3-5-15(24)6-4-13/h3-8,10-12,30H,2,9H2,1H3,(H,27,29)(H,28,31). The van der Waals surface area contributed by atoms with Crippen LogP contribution in [0.4, 0.5) is 24.5 Å². The number of anilines is 2. The number of rotatable bonds is 7. The molecule has 0 spiro atoms. The van der Waals surface area contributed by atoms with Crippen LogP contribution in [0.25, 0.3) is 22.3 Å². The minimum Gasteiger partial charge on any atom is -0.339 e. The van der Waals surface area contributed by atoms with Crippen LogP contribution in [0.1, 0.15) is 23.7 Å². The van der Waals surface area contributed by atoms with Crippen molar-refractivity contribution in [3.63, 3.8) is 0 Å². The monoisotopic (exact) mass is 472 g/mol. The van der Waals surface area contributed by atoms with Gasteiger partial charge >= 0.3 is 0 Å². The molecule has 1 atom stereocenters. The van der Waals surface area contributed by atoms with Gasteiger partial charge in [0.05, 0.1) is 17.6 Å². The number of nitrogens with zero attached hydrogens (tertiary/aromatic N) is 1. The minimum atomic E-state index is -1.56. The van der Waals surface area contributed by atoms with Crippen LogP contribution in [0.15, 0.2) is 54.7 Å². The van der Waals surface area contributed by atoms with Gasteiger partial charge in [0.15, 0.2) is 5.82 Å². The Morgan fingerprint density at radius 2 is 1.85 bits per heavy atom. The molecule has 10 heteroatoms. The SMILES string of the molecule is CCCS(=O)Nc1ccc(F)c(C(=O)Nc2cnc3[nH]c(-c4ccc(F)cc4)cc3c2)c1F. The zero-order valence-corrected chi connectivity index (χ0v) is 18.2. The number of H-pyrrole nitrogens is 1. The summed E-state index contributed by atoms with van der Waals surface area (Å²) in [6.45, 7) is 1.82. The zero-order valence-electron chi connectivity index (χ0n) is 17.4. The van der Waals surface area contributed by atoms with Crippen molar-refractivity contribution in [2.24, 2.45) is 0 Å². The number of amides is 1. The Labute approximate surface area is 189 Å². The number of halogens is 3. The Morgan fingerprint density at radius 1 is 1.09 bits per heavy atom. The predicted octanol–water partition coefficient (Wildman–Crippen LogP) is 5.39. The summed E-state index contributed by atoms with van der Waals surface area (Å²) < 4.78 is 56.6. The molecule has 0 fully saturated rings. The molecule has 4 rings (SSSR count). The first-order chi connectivity index (χ1) is 15.9. The number of aromatic amines is 1. The molecule has 0 bridgehead atoms. The van der Waals surface area contributed by atoms with Gasteiger partial charge in [-0.25, -0.2) is 22.4 Å². The van der Waals surface area contributed by atoms with Gasteiger partial charge in [-0.15, -0.1) is 0 Å². The average Bonchev–Trinajstić information content (AvgIpc) is 3.20. The first-order valence-electron chi connectivity index (χ1n) is 10.0. The van der Waals surface area contributed by atoms with Gasteiger partial charge in [-0.2, -0.15) is 0 Å². The Hall–Kier alpha value is -3.66. The van der Waals surface area contributed by atoms with Crippen LogP contribution in [0.3, 0.4) is 0 Å². The summed E-state index contributed by atoms with van der Waals surface area (Å²) in [5.41, 5.74) is 1.16. The van der Waals surface area contributed by atoms with Crippen molar-refractivity contribution in [3.05, 3.63) is 77.7 Å². The summed E-state index contributed by atoms with van der Waals surface area (Å²) in [6.07, 6.45) is 1.95. The van der Waals surface area contributed by atoms with E-state index in [4.69, 9.17) is 0 Å². The van der Waals surface area contributed by atoms with Crippen LogP contribution >= 0.6 is 0 Å². The molecule has 6 nitrogen and oxygen atoms in total. The number of nitrogens with one attached hydrogen (secondary N) is 3. The molecule has 0 aliphatic carbocycles. The van der Waals surface area contributed by atoms with Crippen LogP contribution in [0.2, 0.25) is 0 Å². The van der Waals surface area contributed by atoms with Gasteiger partial charge in [0.2, 0.25) is 0 Å². The van der Waals surface area contributed by atoms with Gasteiger partial charge in [-0.3, -0.25) is 4.79 Å². The second kappa shape index (κ2) is 9.45. The first-order valence-corrected chi connectivity index (χ1v) is 11.4. The summed E-state index contributed by atoms with van der Waals surface area (Å²) in [7, 11) is -1.56. The Bertz CT molecular complexity index is 1360. The van der Waals surface area contributed by atoms with E-state index < -0.39 is 34.1 Å². The lowest BCUT2D eigenvalue weighted by Gasteiger charge is -2.11. The highest BCUT2D eigenvalue weighted by atomic mass is 32.2. The number of hydrogen-bond donors (Lipinski definition) is 3. The molecule has 0 saturated heterocycles. The lowest BCUT2D eigenvalue weighted by Crippen LogP contribution is -2.18. The van der Waals surface area contributed by atoms with E-state index in [0.717, 1.165) is 17.7 Å². The van der Waals surface area contributed by atoms with E-state index in [9.17, 15) is 22.2 Å². The number of carbonyl (C=O) groups is 1. The summed E-state index contributed by atoms with van der Waals surface area (Å²) in [5.74, 6) is -3.27. The molecule has 2 aromatic heterocycles. The lowest BCUT2D eigenvalue weighted by atomic mass is 10.1. The van der Waals surface area contributed by atoms with Crippen LogP contribution in [0, 0.1) is 17.5 Å². The van der Waals surface area contributed by atoms with Crippen LogP contribution in [0.5, 0.6) is 0 Å². The molecule has 33 heavy (non-hydrogen) atoms. The van der Waals surface area contributed by atoms with Crippen molar-refractivity contribution in [3.8, 4) is 11.3 Å². The van der Waals surface area contributed by atoms with E-state index >= 15 is 0 Å². The first kappa shape index (κ1) is 22.5. The van der Waals surface area contributed by atoms with Crippen molar-refractivity contribution >= 4 is 39.3 Å². The highest BCUT2D eigenvalue weighted by Crippen LogP contribution is 2.26. The summed E-state index contributed by atoms with van der Waals surface area (Å²) in [4.78, 5) is 20.0. The Kier molecular flexibility index (Phi) is 6.45. The number of benzene rings is 2. The third-order valence-corrected chi connectivity index (χ3v) is 6.04. The van der Waals surface area contributed by atoms with Crippen LogP contribution < -0.4 is 10.0 Å². The van der Waals surface area contributed by atoms with Gasteiger partial charge in [0, 0.05) is 16.8 Å². The van der Waals surface area contributed by atoms with Crippen LogP contribution in [-0.4, -0.2) is 25.8 Å². The molecule has 1 unspecified atom stereocenters. The third-order valence-electron chi connectivity index (χ3n) is 4.81. The van der Waals surface area contributed by atoms with Crippen LogP contribution in [-0.2, 0) is 11.0 Å². The molecule has 0 saturated carbocycles. The fourth-order valence-electron chi connectivity index (χ4n) is 3.26. The second-order valence-electron chi connectivity index (χ2n) is 7.24. The Morgan fingerprint density at radius 3 is 2.58 bits per heavy atom. The summed E-state index contributed by atoms with van der Waals surface area (Å²) in [6, 6.07) is 11.3. The minimum absolute atomic E-state index is 0.225.